The molecule has 10 heteroatoms. The average molecular weight is 470 g/mol. The largest absolute Gasteiger partial charge is 0.463 e. The van der Waals surface area contributed by atoms with Crippen LogP contribution in [0.3, 0.4) is 0 Å². The Labute approximate surface area is 199 Å². The van der Waals surface area contributed by atoms with Gasteiger partial charge in [-0.2, -0.15) is 5.10 Å². The van der Waals surface area contributed by atoms with Gasteiger partial charge in [-0.15, -0.1) is 0 Å². The fourth-order valence-corrected chi connectivity index (χ4v) is 4.37. The van der Waals surface area contributed by atoms with E-state index in [0.29, 0.717) is 36.2 Å². The van der Waals surface area contributed by atoms with Gasteiger partial charge in [0.1, 0.15) is 18.5 Å². The number of hydrazone groups is 1. The fraction of sp³-hybridized carbons (Fsp3) is 0.870. The van der Waals surface area contributed by atoms with Crippen molar-refractivity contribution in [2.75, 3.05) is 33.8 Å². The van der Waals surface area contributed by atoms with Gasteiger partial charge in [-0.3, -0.25) is 9.59 Å². The molecule has 5 atom stereocenters. The third-order valence-electron chi connectivity index (χ3n) is 7.04. The molecule has 192 valence electrons. The predicted molar refractivity (Wildman–Crippen MR) is 132 cm³/mol. The normalized spacial score (nSPS) is 25.8. The third kappa shape index (κ3) is 11.2. The number of esters is 1. The minimum absolute atomic E-state index is 0.213. The number of hydrogen-bond acceptors (Lipinski definition) is 8. The van der Waals surface area contributed by atoms with Gasteiger partial charge in [0.05, 0.1) is 6.54 Å². The van der Waals surface area contributed by atoms with Crippen molar-refractivity contribution in [3.8, 4) is 0 Å². The molecule has 1 heterocycles. The van der Waals surface area contributed by atoms with Crippen LogP contribution in [0.15, 0.2) is 5.10 Å². The second kappa shape index (κ2) is 15.8. The van der Waals surface area contributed by atoms with E-state index in [-0.39, 0.29) is 18.6 Å². The van der Waals surface area contributed by atoms with Crippen LogP contribution in [-0.4, -0.2) is 69.0 Å². The molecule has 0 radical (unpaired) electrons. The van der Waals surface area contributed by atoms with E-state index in [4.69, 9.17) is 16.3 Å². The molecule has 1 amide bonds. The maximum absolute atomic E-state index is 12.3. The maximum atomic E-state index is 12.3. The first kappa shape index (κ1) is 29.1. The molecule has 2 fully saturated rings. The molecule has 5 unspecified atom stereocenters. The summed E-state index contributed by atoms with van der Waals surface area (Å²) in [5.41, 5.74) is 8.01. The summed E-state index contributed by atoms with van der Waals surface area (Å²) in [6.07, 6.45) is 6.77. The van der Waals surface area contributed by atoms with Crippen molar-refractivity contribution in [3.63, 3.8) is 0 Å². The summed E-state index contributed by atoms with van der Waals surface area (Å²) >= 11 is 0. The molecule has 10 nitrogen and oxygen atoms in total. The average Bonchev–Trinajstić information content (AvgIpc) is 2.81. The van der Waals surface area contributed by atoms with E-state index in [2.05, 4.69) is 42.0 Å². The van der Waals surface area contributed by atoms with Crippen molar-refractivity contribution in [1.29, 1.82) is 0 Å². The smallest absolute Gasteiger partial charge is 0.323 e. The lowest BCUT2D eigenvalue weighted by atomic mass is 9.69. The molecule has 0 aromatic carbocycles. The van der Waals surface area contributed by atoms with Gasteiger partial charge >= 0.3 is 5.97 Å². The summed E-state index contributed by atoms with van der Waals surface area (Å²) in [6, 6.07) is 0.407. The lowest BCUT2D eigenvalue weighted by Crippen LogP contribution is -2.50. The summed E-state index contributed by atoms with van der Waals surface area (Å²) in [7, 11) is 3.65. The summed E-state index contributed by atoms with van der Waals surface area (Å²) in [5, 5.41) is 10.3. The lowest BCUT2D eigenvalue weighted by Gasteiger charge is -2.42. The van der Waals surface area contributed by atoms with E-state index >= 15 is 0 Å². The number of ether oxygens (including phenoxy) is 1. The van der Waals surface area contributed by atoms with Gasteiger partial charge in [-0.25, -0.2) is 11.4 Å². The van der Waals surface area contributed by atoms with E-state index < -0.39 is 0 Å². The molecule has 2 rings (SSSR count). The van der Waals surface area contributed by atoms with Crippen LogP contribution in [0.1, 0.15) is 59.3 Å². The van der Waals surface area contributed by atoms with Crippen LogP contribution >= 0.6 is 0 Å². The Morgan fingerprint density at radius 3 is 2.58 bits per heavy atom. The van der Waals surface area contributed by atoms with Crippen LogP contribution in [0, 0.1) is 23.7 Å². The van der Waals surface area contributed by atoms with Crippen molar-refractivity contribution >= 4 is 18.2 Å². The first-order valence-electron chi connectivity index (χ1n) is 12.2. The highest BCUT2D eigenvalue weighted by molar-refractivity contribution is 5.79. The molecular weight excluding hydrogens is 422 g/mol. The van der Waals surface area contributed by atoms with Crippen LogP contribution in [0.25, 0.3) is 0 Å². The van der Waals surface area contributed by atoms with Gasteiger partial charge in [0, 0.05) is 19.5 Å². The highest BCUT2D eigenvalue weighted by Crippen LogP contribution is 2.40. The SMILES string of the molecule is CN(C=O)CCOC(=O)C1CC2CC(CC/C(N)=N/NN)CCC2CN1.CNC(C)C(C)C. The quantitative estimate of drug-likeness (QED) is 0.0745. The second-order valence-corrected chi connectivity index (χ2v) is 9.74. The fourth-order valence-electron chi connectivity index (χ4n) is 4.37. The van der Waals surface area contributed by atoms with Crippen molar-refractivity contribution in [2.45, 2.75) is 71.4 Å². The van der Waals surface area contributed by atoms with Gasteiger partial charge in [-0.05, 0) is 69.9 Å². The van der Waals surface area contributed by atoms with E-state index in [0.717, 1.165) is 44.6 Å². The zero-order valence-corrected chi connectivity index (χ0v) is 21.2. The number of hydrogen-bond donors (Lipinski definition) is 5. The van der Waals surface area contributed by atoms with E-state index in [9.17, 15) is 9.59 Å². The monoisotopic (exact) mass is 469 g/mol. The Bertz CT molecular complexity index is 603. The van der Waals surface area contributed by atoms with Crippen LogP contribution in [0.2, 0.25) is 0 Å². The number of fused-ring (bicyclic) bond motifs is 1. The van der Waals surface area contributed by atoms with Crippen LogP contribution < -0.4 is 27.7 Å². The number of hydrazine groups is 1. The van der Waals surface area contributed by atoms with Crippen molar-refractivity contribution < 1.29 is 14.3 Å². The summed E-state index contributed by atoms with van der Waals surface area (Å²) in [5.74, 6) is 7.99. The number of nitrogens with one attached hydrogen (secondary N) is 3. The molecular formula is C23H47N7O3. The number of carbonyl (C=O) groups excluding carboxylic acids is 2. The van der Waals surface area contributed by atoms with Crippen LogP contribution in [0.4, 0.5) is 0 Å². The number of amides is 1. The minimum atomic E-state index is -0.246. The third-order valence-corrected chi connectivity index (χ3v) is 7.04. The topological polar surface area (TPSA) is 147 Å². The second-order valence-electron chi connectivity index (χ2n) is 9.74. The van der Waals surface area contributed by atoms with Crippen LogP contribution in [0.5, 0.6) is 0 Å². The zero-order valence-electron chi connectivity index (χ0n) is 21.2. The molecule has 1 aliphatic heterocycles. The number of amidine groups is 1. The first-order valence-corrected chi connectivity index (χ1v) is 12.2. The van der Waals surface area contributed by atoms with Gasteiger partial charge in [-0.1, -0.05) is 20.3 Å². The van der Waals surface area contributed by atoms with Gasteiger partial charge in [0.25, 0.3) is 0 Å². The molecule has 0 aromatic heterocycles. The first-order chi connectivity index (χ1) is 15.7. The molecule has 0 spiro atoms. The van der Waals surface area contributed by atoms with Gasteiger partial charge in [0.2, 0.25) is 6.41 Å². The number of piperidine rings is 1. The Balaban J connectivity index is 0.000000675. The zero-order chi connectivity index (χ0) is 24.8. The van der Waals surface area contributed by atoms with E-state index in [1.807, 2.05) is 7.05 Å². The molecule has 7 N–H and O–H groups in total. The number of rotatable bonds is 11. The Kier molecular flexibility index (Phi) is 14.0. The Morgan fingerprint density at radius 1 is 1.27 bits per heavy atom. The lowest BCUT2D eigenvalue weighted by molar-refractivity contribution is -0.148. The molecule has 2 aliphatic rings. The predicted octanol–water partition coefficient (Wildman–Crippen LogP) is 0.778. The van der Waals surface area contributed by atoms with E-state index in [1.54, 1.807) is 7.05 Å². The number of nitrogens with two attached hydrogens (primary N) is 2. The number of nitrogens with zero attached hydrogens (tertiary/aromatic N) is 2. The van der Waals surface area contributed by atoms with Crippen molar-refractivity contribution in [1.82, 2.24) is 21.1 Å². The Hall–Kier alpha value is -1.91. The minimum Gasteiger partial charge on any atom is -0.463 e. The maximum Gasteiger partial charge on any atom is 0.323 e. The summed E-state index contributed by atoms with van der Waals surface area (Å²) in [6.45, 7) is 8.12. The molecule has 1 aliphatic carbocycles. The van der Waals surface area contributed by atoms with Crippen molar-refractivity contribution in [3.05, 3.63) is 0 Å². The van der Waals surface area contributed by atoms with Gasteiger partial charge < -0.3 is 26.0 Å². The molecule has 1 saturated heterocycles. The standard InChI is InChI=1S/C17H32N6O3.C6H15N/c1-23(11-24)6-7-26-17(25)15-9-14-8-12(2-4-13(14)10-20-15)3-5-16(18)21-22-19;1-5(2)6(3)7-4/h11-15,20,22H,2-10,19H2,1H3,(H2,18,21);5-7H,1-4H3. The molecule has 0 aromatic rings. The number of likely N-dealkylation sites (N-methyl/N-ethyl adjacent to an activating group) is 1. The summed E-state index contributed by atoms with van der Waals surface area (Å²) < 4.78 is 5.31. The molecule has 0 bridgehead atoms. The van der Waals surface area contributed by atoms with Crippen molar-refractivity contribution in [2.24, 2.45) is 40.3 Å². The van der Waals surface area contributed by atoms with Crippen LogP contribution in [-0.2, 0) is 14.3 Å². The number of carbonyl (C=O) groups is 2. The van der Waals surface area contributed by atoms with Gasteiger partial charge in [0.15, 0.2) is 0 Å². The molecule has 1 saturated carbocycles. The molecule has 33 heavy (non-hydrogen) atoms. The van der Waals surface area contributed by atoms with E-state index in [1.165, 1.54) is 17.7 Å². The highest BCUT2D eigenvalue weighted by Gasteiger charge is 2.38. The Morgan fingerprint density at radius 2 is 2.00 bits per heavy atom. The summed E-state index contributed by atoms with van der Waals surface area (Å²) in [4.78, 5) is 24.3. The highest BCUT2D eigenvalue weighted by atomic mass is 16.5.